The van der Waals surface area contributed by atoms with Gasteiger partial charge in [-0.05, 0) is 24.4 Å². The number of hydrogen-bond acceptors (Lipinski definition) is 3. The summed E-state index contributed by atoms with van der Waals surface area (Å²) in [6, 6.07) is 10.3. The summed E-state index contributed by atoms with van der Waals surface area (Å²) in [5.74, 6) is -0.967. The molecule has 0 atom stereocenters. The topological polar surface area (TPSA) is 55.1 Å². The number of benzene rings is 1. The van der Waals surface area contributed by atoms with E-state index < -0.39 is 5.97 Å². The normalized spacial score (nSPS) is 11.0. The summed E-state index contributed by atoms with van der Waals surface area (Å²) in [7, 11) is 0. The van der Waals surface area contributed by atoms with Crippen LogP contribution in [0.2, 0.25) is 0 Å². The first-order valence-electron chi connectivity index (χ1n) is 5.88. The van der Waals surface area contributed by atoms with E-state index in [1.54, 1.807) is 5.38 Å². The molecular formula is C14H12N2O2S. The molecule has 0 saturated heterocycles. The van der Waals surface area contributed by atoms with Crippen LogP contribution in [-0.2, 0) is 6.54 Å². The average molecular weight is 272 g/mol. The highest BCUT2D eigenvalue weighted by Gasteiger charge is 2.11. The minimum atomic E-state index is -0.967. The maximum atomic E-state index is 10.8. The lowest BCUT2D eigenvalue weighted by molar-refractivity contribution is 0.0696. The Balaban J connectivity index is 2.00. The number of aromatic carboxylic acids is 1. The summed E-state index contributed by atoms with van der Waals surface area (Å²) in [6.45, 7) is 2.65. The Bertz CT molecular complexity index is 758. The molecule has 19 heavy (non-hydrogen) atoms. The first kappa shape index (κ1) is 11.9. The van der Waals surface area contributed by atoms with Crippen LogP contribution in [0.3, 0.4) is 0 Å². The monoisotopic (exact) mass is 272 g/mol. The van der Waals surface area contributed by atoms with Gasteiger partial charge in [-0.25, -0.2) is 9.78 Å². The largest absolute Gasteiger partial charge is 0.476 e. The second-order valence-corrected chi connectivity index (χ2v) is 5.24. The SMILES string of the molecule is Cc1cc2ccccc2n1Cc1csc(C(=O)O)n1. The maximum Gasteiger partial charge on any atom is 0.365 e. The average Bonchev–Trinajstić information content (AvgIpc) is 2.96. The number of rotatable bonds is 3. The summed E-state index contributed by atoms with van der Waals surface area (Å²) < 4.78 is 2.15. The lowest BCUT2D eigenvalue weighted by Crippen LogP contribution is -2.03. The molecule has 1 N–H and O–H groups in total. The van der Waals surface area contributed by atoms with Crippen molar-refractivity contribution in [2.75, 3.05) is 0 Å². The zero-order valence-corrected chi connectivity index (χ0v) is 11.1. The molecule has 96 valence electrons. The number of hydrogen-bond donors (Lipinski definition) is 1. The quantitative estimate of drug-likeness (QED) is 0.796. The van der Waals surface area contributed by atoms with Crippen LogP contribution < -0.4 is 0 Å². The lowest BCUT2D eigenvalue weighted by atomic mass is 10.2. The fraction of sp³-hybridized carbons (Fsp3) is 0.143. The molecule has 2 aromatic heterocycles. The number of para-hydroxylation sites is 1. The number of carbonyl (C=O) groups is 1. The van der Waals surface area contributed by atoms with Gasteiger partial charge >= 0.3 is 5.97 Å². The van der Waals surface area contributed by atoms with Gasteiger partial charge in [0.15, 0.2) is 0 Å². The van der Waals surface area contributed by atoms with Crippen LogP contribution in [0.1, 0.15) is 21.2 Å². The van der Waals surface area contributed by atoms with Crippen LogP contribution in [0.25, 0.3) is 10.9 Å². The van der Waals surface area contributed by atoms with Gasteiger partial charge in [-0.15, -0.1) is 11.3 Å². The van der Waals surface area contributed by atoms with Crippen molar-refractivity contribution in [2.24, 2.45) is 0 Å². The molecule has 0 unspecified atom stereocenters. The third-order valence-corrected chi connectivity index (χ3v) is 3.95. The molecule has 0 spiro atoms. The third kappa shape index (κ3) is 2.13. The predicted molar refractivity (Wildman–Crippen MR) is 74.9 cm³/mol. The molecule has 0 bridgehead atoms. The molecule has 0 fully saturated rings. The van der Waals surface area contributed by atoms with E-state index in [1.807, 2.05) is 19.1 Å². The van der Waals surface area contributed by atoms with Crippen molar-refractivity contribution in [2.45, 2.75) is 13.5 Å². The van der Waals surface area contributed by atoms with Gasteiger partial charge in [0.2, 0.25) is 5.01 Å². The van der Waals surface area contributed by atoms with E-state index in [4.69, 9.17) is 5.11 Å². The lowest BCUT2D eigenvalue weighted by Gasteiger charge is -2.05. The fourth-order valence-electron chi connectivity index (χ4n) is 2.20. The van der Waals surface area contributed by atoms with Crippen molar-refractivity contribution in [3.8, 4) is 0 Å². The molecule has 4 nitrogen and oxygen atoms in total. The summed E-state index contributed by atoms with van der Waals surface area (Å²) >= 11 is 1.17. The third-order valence-electron chi connectivity index (χ3n) is 3.07. The second kappa shape index (κ2) is 4.51. The van der Waals surface area contributed by atoms with Crippen molar-refractivity contribution in [3.63, 3.8) is 0 Å². The number of fused-ring (bicyclic) bond motifs is 1. The smallest absolute Gasteiger partial charge is 0.365 e. The Kier molecular flexibility index (Phi) is 2.83. The van der Waals surface area contributed by atoms with Crippen LogP contribution in [-0.4, -0.2) is 20.6 Å². The van der Waals surface area contributed by atoms with Crippen LogP contribution in [0, 0.1) is 6.92 Å². The second-order valence-electron chi connectivity index (χ2n) is 4.38. The molecule has 1 aromatic carbocycles. The molecule has 3 aromatic rings. The van der Waals surface area contributed by atoms with Gasteiger partial charge in [0.25, 0.3) is 0 Å². The molecule has 0 aliphatic rings. The zero-order chi connectivity index (χ0) is 13.4. The Morgan fingerprint density at radius 1 is 1.42 bits per heavy atom. The molecule has 0 saturated carbocycles. The highest BCUT2D eigenvalue weighted by Crippen LogP contribution is 2.21. The molecule has 0 amide bonds. The number of aromatic nitrogens is 2. The number of carboxylic acids is 1. The maximum absolute atomic E-state index is 10.8. The van der Waals surface area contributed by atoms with Crippen molar-refractivity contribution in [3.05, 3.63) is 52.1 Å². The van der Waals surface area contributed by atoms with E-state index in [9.17, 15) is 4.79 Å². The van der Waals surface area contributed by atoms with Gasteiger partial charge in [0.1, 0.15) is 0 Å². The van der Waals surface area contributed by atoms with E-state index in [2.05, 4.69) is 27.8 Å². The molecular weight excluding hydrogens is 260 g/mol. The molecule has 2 heterocycles. The van der Waals surface area contributed by atoms with Crippen LogP contribution in [0.4, 0.5) is 0 Å². The summed E-state index contributed by atoms with van der Waals surface area (Å²) in [5, 5.41) is 12.0. The van der Waals surface area contributed by atoms with Crippen LogP contribution >= 0.6 is 11.3 Å². The van der Waals surface area contributed by atoms with Crippen molar-refractivity contribution >= 4 is 28.2 Å². The molecule has 0 aliphatic carbocycles. The van der Waals surface area contributed by atoms with Crippen molar-refractivity contribution < 1.29 is 9.90 Å². The number of aryl methyl sites for hydroxylation is 1. The molecule has 5 heteroatoms. The first-order valence-corrected chi connectivity index (χ1v) is 6.75. The van der Waals surface area contributed by atoms with Crippen LogP contribution in [0.15, 0.2) is 35.7 Å². The Morgan fingerprint density at radius 2 is 2.21 bits per heavy atom. The standard InChI is InChI=1S/C14H12N2O2S/c1-9-6-10-4-2-3-5-12(10)16(9)7-11-8-19-13(15-11)14(17)18/h2-6,8H,7H2,1H3,(H,17,18). The minimum Gasteiger partial charge on any atom is -0.476 e. The molecule has 0 radical (unpaired) electrons. The zero-order valence-electron chi connectivity index (χ0n) is 10.3. The number of thiazole rings is 1. The minimum absolute atomic E-state index is 0.143. The Hall–Kier alpha value is -2.14. The summed E-state index contributed by atoms with van der Waals surface area (Å²) in [5.41, 5.74) is 3.07. The Labute approximate surface area is 113 Å². The number of carboxylic acid groups (broad SMARTS) is 1. The first-order chi connectivity index (χ1) is 9.15. The summed E-state index contributed by atoms with van der Waals surface area (Å²) in [6.07, 6.45) is 0. The van der Waals surface area contributed by atoms with Crippen molar-refractivity contribution in [1.29, 1.82) is 0 Å². The van der Waals surface area contributed by atoms with E-state index in [0.717, 1.165) is 16.9 Å². The van der Waals surface area contributed by atoms with E-state index in [-0.39, 0.29) is 5.01 Å². The Morgan fingerprint density at radius 3 is 2.95 bits per heavy atom. The van der Waals surface area contributed by atoms with Gasteiger partial charge in [0, 0.05) is 16.6 Å². The van der Waals surface area contributed by atoms with E-state index in [1.165, 1.54) is 16.7 Å². The van der Waals surface area contributed by atoms with Gasteiger partial charge in [-0.1, -0.05) is 18.2 Å². The summed E-state index contributed by atoms with van der Waals surface area (Å²) in [4.78, 5) is 15.0. The number of nitrogens with zero attached hydrogens (tertiary/aromatic N) is 2. The molecule has 3 rings (SSSR count). The van der Waals surface area contributed by atoms with Crippen molar-refractivity contribution in [1.82, 2.24) is 9.55 Å². The van der Waals surface area contributed by atoms with Crippen LogP contribution in [0.5, 0.6) is 0 Å². The molecule has 0 aliphatic heterocycles. The van der Waals surface area contributed by atoms with Gasteiger partial charge in [0.05, 0.1) is 12.2 Å². The van der Waals surface area contributed by atoms with Gasteiger partial charge in [-0.2, -0.15) is 0 Å². The van der Waals surface area contributed by atoms with Gasteiger partial charge in [-0.3, -0.25) is 0 Å². The van der Waals surface area contributed by atoms with E-state index >= 15 is 0 Å². The highest BCUT2D eigenvalue weighted by molar-refractivity contribution is 7.11. The predicted octanol–water partition coefficient (Wildman–Crippen LogP) is 3.15. The fourth-order valence-corrected chi connectivity index (χ4v) is 2.84. The van der Waals surface area contributed by atoms with E-state index in [0.29, 0.717) is 6.54 Å². The highest BCUT2D eigenvalue weighted by atomic mass is 32.1. The van der Waals surface area contributed by atoms with Gasteiger partial charge < -0.3 is 9.67 Å².